The number of hydrogen-bond donors (Lipinski definition) is 0. The molecule has 120 valence electrons. The Morgan fingerprint density at radius 2 is 2.00 bits per heavy atom. The third kappa shape index (κ3) is 2.70. The zero-order chi connectivity index (χ0) is 15.7. The Hall–Kier alpha value is -1.61. The Kier molecular flexibility index (Phi) is 4.09. The van der Waals surface area contributed by atoms with E-state index in [9.17, 15) is 8.42 Å². The summed E-state index contributed by atoms with van der Waals surface area (Å²) in [4.78, 5) is 5.42. The molecule has 0 amide bonds. The van der Waals surface area contributed by atoms with Crippen molar-refractivity contribution in [1.29, 1.82) is 0 Å². The van der Waals surface area contributed by atoms with Crippen molar-refractivity contribution in [3.8, 4) is 0 Å². The van der Waals surface area contributed by atoms with Crippen LogP contribution in [0.15, 0.2) is 45.6 Å². The Morgan fingerprint density at radius 3 is 2.64 bits per heavy atom. The molecule has 0 N–H and O–H groups in total. The summed E-state index contributed by atoms with van der Waals surface area (Å²) in [7, 11) is -0.336. The second-order valence-corrected chi connectivity index (χ2v) is 7.48. The van der Waals surface area contributed by atoms with E-state index in [0.29, 0.717) is 11.5 Å². The fourth-order valence-corrected chi connectivity index (χ4v) is 4.24. The molecule has 0 saturated carbocycles. The quantitative estimate of drug-likeness (QED) is 0.831. The summed E-state index contributed by atoms with van der Waals surface area (Å²) in [5.41, 5.74) is 0. The van der Waals surface area contributed by atoms with E-state index in [1.165, 1.54) is 28.9 Å². The molecule has 3 heterocycles. The van der Waals surface area contributed by atoms with Gasteiger partial charge in [0.05, 0.1) is 25.7 Å². The molecular formula is C14H18N2O5S. The molecule has 0 aromatic carbocycles. The summed E-state index contributed by atoms with van der Waals surface area (Å²) in [5.74, 6) is 1.16. The summed E-state index contributed by atoms with van der Waals surface area (Å²) in [6.07, 6.45) is 3.05. The van der Waals surface area contributed by atoms with Gasteiger partial charge in [-0.15, -0.1) is 0 Å². The van der Waals surface area contributed by atoms with Crippen LogP contribution in [0.1, 0.15) is 17.6 Å². The molecule has 0 bridgehead atoms. The zero-order valence-corrected chi connectivity index (χ0v) is 13.2. The predicted molar refractivity (Wildman–Crippen MR) is 78.0 cm³/mol. The molecule has 7 nitrogen and oxygen atoms in total. The Balaban J connectivity index is 1.84. The molecule has 2 unspecified atom stereocenters. The molecule has 2 atom stereocenters. The number of nitrogens with zero attached hydrogens (tertiary/aromatic N) is 2. The maximum atomic E-state index is 12.8. The van der Waals surface area contributed by atoms with E-state index in [0.717, 1.165) is 0 Å². The van der Waals surface area contributed by atoms with Crippen LogP contribution >= 0.6 is 0 Å². The highest BCUT2D eigenvalue weighted by Crippen LogP contribution is 2.35. The molecule has 2 aromatic heterocycles. The van der Waals surface area contributed by atoms with Crippen LogP contribution in [0.3, 0.4) is 0 Å². The van der Waals surface area contributed by atoms with Gasteiger partial charge in [0.2, 0.25) is 10.0 Å². The van der Waals surface area contributed by atoms with Gasteiger partial charge in [0.15, 0.2) is 0 Å². The van der Waals surface area contributed by atoms with Crippen molar-refractivity contribution >= 4 is 10.0 Å². The van der Waals surface area contributed by atoms with Gasteiger partial charge in [-0.2, -0.15) is 9.37 Å². The minimum absolute atomic E-state index is 0.0900. The minimum atomic E-state index is -3.58. The van der Waals surface area contributed by atoms with Crippen molar-refractivity contribution in [2.75, 3.05) is 20.7 Å². The van der Waals surface area contributed by atoms with E-state index in [4.69, 9.17) is 13.7 Å². The lowest BCUT2D eigenvalue weighted by Crippen LogP contribution is -2.40. The molecule has 1 aliphatic rings. The van der Waals surface area contributed by atoms with E-state index < -0.39 is 21.3 Å². The summed E-state index contributed by atoms with van der Waals surface area (Å²) < 4.78 is 37.6. The van der Waals surface area contributed by atoms with E-state index in [1.807, 2.05) is 0 Å². The maximum Gasteiger partial charge on any atom is 0.221 e. The van der Waals surface area contributed by atoms with Crippen molar-refractivity contribution < 1.29 is 22.1 Å². The van der Waals surface area contributed by atoms with Gasteiger partial charge in [-0.3, -0.25) is 4.84 Å². The number of hydroxylamine groups is 2. The normalized spacial score (nSPS) is 23.4. The highest BCUT2D eigenvalue weighted by molar-refractivity contribution is 7.89. The molecule has 3 rings (SSSR count). The summed E-state index contributed by atoms with van der Waals surface area (Å²) in [5, 5.41) is 0.797. The first-order valence-corrected chi connectivity index (χ1v) is 8.37. The van der Waals surface area contributed by atoms with Gasteiger partial charge in [-0.1, -0.05) is 0 Å². The maximum absolute atomic E-state index is 12.8. The molecule has 0 radical (unpaired) electrons. The molecule has 2 aromatic rings. The summed E-state index contributed by atoms with van der Waals surface area (Å²) in [6, 6.07) is 6.49. The van der Waals surface area contributed by atoms with Crippen LogP contribution in [-0.2, 0) is 21.4 Å². The van der Waals surface area contributed by atoms with E-state index in [-0.39, 0.29) is 13.2 Å². The molecule has 0 aliphatic carbocycles. The lowest BCUT2D eigenvalue weighted by atomic mass is 10.2. The predicted octanol–water partition coefficient (Wildman–Crippen LogP) is 1.62. The van der Waals surface area contributed by atoms with E-state index in [1.54, 1.807) is 31.3 Å². The van der Waals surface area contributed by atoms with Gasteiger partial charge in [0.25, 0.3) is 0 Å². The van der Waals surface area contributed by atoms with Crippen LogP contribution in [-0.4, -0.2) is 43.7 Å². The Labute approximate surface area is 129 Å². The highest BCUT2D eigenvalue weighted by Gasteiger charge is 2.46. The van der Waals surface area contributed by atoms with Crippen LogP contribution in [0.5, 0.6) is 0 Å². The summed E-state index contributed by atoms with van der Waals surface area (Å²) in [6.45, 7) is 0.271. The number of sulfonamides is 1. The molecule has 8 heteroatoms. The number of furan rings is 2. The van der Waals surface area contributed by atoms with Gasteiger partial charge < -0.3 is 8.83 Å². The Bertz CT molecular complexity index is 696. The summed E-state index contributed by atoms with van der Waals surface area (Å²) >= 11 is 0. The Morgan fingerprint density at radius 1 is 1.27 bits per heavy atom. The van der Waals surface area contributed by atoms with Crippen molar-refractivity contribution in [2.45, 2.75) is 17.8 Å². The molecule has 1 aliphatic heterocycles. The van der Waals surface area contributed by atoms with Gasteiger partial charge in [0.1, 0.15) is 22.8 Å². The molecule has 1 saturated heterocycles. The van der Waals surface area contributed by atoms with E-state index in [2.05, 4.69) is 0 Å². The van der Waals surface area contributed by atoms with Gasteiger partial charge in [-0.05, 0) is 24.3 Å². The van der Waals surface area contributed by atoms with Gasteiger partial charge in [0, 0.05) is 14.1 Å². The van der Waals surface area contributed by atoms with Gasteiger partial charge >= 0.3 is 0 Å². The van der Waals surface area contributed by atoms with Crippen LogP contribution in [0.4, 0.5) is 0 Å². The van der Waals surface area contributed by atoms with Crippen molar-refractivity contribution in [3.05, 3.63) is 48.3 Å². The average Bonchev–Trinajstić information content (AvgIpc) is 3.18. The zero-order valence-electron chi connectivity index (χ0n) is 12.4. The first-order valence-electron chi connectivity index (χ1n) is 6.87. The highest BCUT2D eigenvalue weighted by atomic mass is 32.2. The standard InChI is InChI=1S/C14H18N2O5S/c1-15(9-11-5-3-7-19-11)22(17,18)13-10-21-16(2)14(13)12-6-4-8-20-12/h3-8,13-14H,9-10H2,1-2H3. The lowest BCUT2D eigenvalue weighted by Gasteiger charge is -2.24. The number of rotatable bonds is 5. The van der Waals surface area contributed by atoms with Gasteiger partial charge in [-0.25, -0.2) is 8.42 Å². The SMILES string of the molecule is CN1OCC(S(=O)(=O)N(C)Cc2ccco2)C1c1ccco1. The smallest absolute Gasteiger partial charge is 0.221 e. The minimum Gasteiger partial charge on any atom is -0.468 e. The topological polar surface area (TPSA) is 76.1 Å². The van der Waals surface area contributed by atoms with Crippen molar-refractivity contribution in [2.24, 2.45) is 0 Å². The molecular weight excluding hydrogens is 308 g/mol. The second kappa shape index (κ2) is 5.88. The first kappa shape index (κ1) is 15.3. The average molecular weight is 326 g/mol. The van der Waals surface area contributed by atoms with E-state index >= 15 is 0 Å². The number of hydrogen-bond acceptors (Lipinski definition) is 6. The third-order valence-corrected chi connectivity index (χ3v) is 5.95. The molecule has 1 fully saturated rings. The second-order valence-electron chi connectivity index (χ2n) is 5.22. The first-order chi connectivity index (χ1) is 10.5. The van der Waals surface area contributed by atoms with Crippen LogP contribution < -0.4 is 0 Å². The molecule has 22 heavy (non-hydrogen) atoms. The fraction of sp³-hybridized carbons (Fsp3) is 0.429. The van der Waals surface area contributed by atoms with Crippen molar-refractivity contribution in [1.82, 2.24) is 9.37 Å². The fourth-order valence-electron chi connectivity index (χ4n) is 2.61. The monoisotopic (exact) mass is 326 g/mol. The molecule has 0 spiro atoms. The van der Waals surface area contributed by atoms with Crippen molar-refractivity contribution in [3.63, 3.8) is 0 Å². The lowest BCUT2D eigenvalue weighted by molar-refractivity contribution is -0.113. The largest absolute Gasteiger partial charge is 0.468 e. The van der Waals surface area contributed by atoms with Crippen LogP contribution in [0.25, 0.3) is 0 Å². The van der Waals surface area contributed by atoms with Crippen LogP contribution in [0, 0.1) is 0 Å². The van der Waals surface area contributed by atoms with Crippen LogP contribution in [0.2, 0.25) is 0 Å². The third-order valence-electron chi connectivity index (χ3n) is 3.80.